The zero-order chi connectivity index (χ0) is 25.8. The van der Waals surface area contributed by atoms with Gasteiger partial charge < -0.3 is 10.1 Å². The molecule has 2 fully saturated rings. The molecule has 5 rings (SSSR count). The van der Waals surface area contributed by atoms with Crippen molar-refractivity contribution in [3.8, 4) is 5.75 Å². The van der Waals surface area contributed by atoms with Gasteiger partial charge in [-0.25, -0.2) is 14.2 Å². The van der Waals surface area contributed by atoms with Gasteiger partial charge in [-0.15, -0.1) is 0 Å². The highest BCUT2D eigenvalue weighted by Gasteiger charge is 2.29. The van der Waals surface area contributed by atoms with Crippen LogP contribution in [0.3, 0.4) is 0 Å². The number of ether oxygens (including phenoxy) is 1. The summed E-state index contributed by atoms with van der Waals surface area (Å²) in [6, 6.07) is 10.2. The van der Waals surface area contributed by atoms with E-state index in [0.717, 1.165) is 36.3 Å². The van der Waals surface area contributed by atoms with Crippen molar-refractivity contribution >= 4 is 28.7 Å². The standard InChI is InChI=1S/C27H31FN4O4S/c28-18-16-23-25(29-17-18)31(21-11-14-37-15-12-21)27(35)32(26(23)34)20-8-6-19(7-9-20)30-24(33)10-13-36-22-4-2-1-3-5-22/h1-5,16-17,19-21H,6-15H2,(H,30,33)/t19-,20+. The maximum absolute atomic E-state index is 14.1. The molecule has 196 valence electrons. The topological polar surface area (TPSA) is 95.2 Å². The number of amides is 1. The maximum Gasteiger partial charge on any atom is 0.333 e. The number of nitrogens with zero attached hydrogens (tertiary/aromatic N) is 3. The number of hydrogen-bond acceptors (Lipinski definition) is 6. The molecule has 37 heavy (non-hydrogen) atoms. The molecule has 3 aromatic rings. The molecule has 0 radical (unpaired) electrons. The van der Waals surface area contributed by atoms with E-state index in [0.29, 0.717) is 32.3 Å². The lowest BCUT2D eigenvalue weighted by Gasteiger charge is -2.31. The van der Waals surface area contributed by atoms with Crippen molar-refractivity contribution in [1.82, 2.24) is 19.4 Å². The maximum atomic E-state index is 14.1. The molecule has 0 unspecified atom stereocenters. The van der Waals surface area contributed by atoms with Crippen LogP contribution in [0.4, 0.5) is 4.39 Å². The monoisotopic (exact) mass is 526 g/mol. The lowest BCUT2D eigenvalue weighted by molar-refractivity contribution is -0.122. The van der Waals surface area contributed by atoms with Crippen molar-refractivity contribution in [2.24, 2.45) is 0 Å². The molecule has 1 N–H and O–H groups in total. The van der Waals surface area contributed by atoms with E-state index in [1.54, 1.807) is 4.57 Å². The van der Waals surface area contributed by atoms with Crippen LogP contribution in [0.25, 0.3) is 11.0 Å². The minimum absolute atomic E-state index is 0.0201. The smallest absolute Gasteiger partial charge is 0.333 e. The van der Waals surface area contributed by atoms with Crippen molar-refractivity contribution in [2.45, 2.75) is 63.1 Å². The molecule has 1 amide bonds. The van der Waals surface area contributed by atoms with Gasteiger partial charge >= 0.3 is 5.69 Å². The fourth-order valence-corrected chi connectivity index (χ4v) is 6.44. The first-order valence-electron chi connectivity index (χ1n) is 12.9. The van der Waals surface area contributed by atoms with E-state index in [4.69, 9.17) is 4.74 Å². The first-order chi connectivity index (χ1) is 18.0. The van der Waals surface area contributed by atoms with Crippen molar-refractivity contribution in [3.05, 3.63) is 69.3 Å². The van der Waals surface area contributed by atoms with Gasteiger partial charge in [0.25, 0.3) is 5.56 Å². The first kappa shape index (κ1) is 25.5. The largest absolute Gasteiger partial charge is 0.493 e. The Morgan fingerprint density at radius 2 is 1.73 bits per heavy atom. The molecular formula is C27H31FN4O4S. The molecule has 1 aliphatic heterocycles. The Bertz CT molecular complexity index is 1360. The predicted molar refractivity (Wildman–Crippen MR) is 142 cm³/mol. The van der Waals surface area contributed by atoms with Gasteiger partial charge in [-0.2, -0.15) is 11.8 Å². The SMILES string of the molecule is O=C(CCOc1ccccc1)N[C@H]1CC[C@@H](n2c(=O)c3cc(F)cnc3n(C3CCSCC3)c2=O)CC1. The van der Waals surface area contributed by atoms with Gasteiger partial charge in [0.2, 0.25) is 5.91 Å². The number of carbonyl (C=O) groups is 1. The van der Waals surface area contributed by atoms with E-state index in [9.17, 15) is 18.8 Å². The zero-order valence-corrected chi connectivity index (χ0v) is 21.4. The average molecular weight is 527 g/mol. The second kappa shape index (κ2) is 11.5. The molecule has 10 heteroatoms. The van der Waals surface area contributed by atoms with Crippen molar-refractivity contribution < 1.29 is 13.9 Å². The van der Waals surface area contributed by atoms with Crippen molar-refractivity contribution in [2.75, 3.05) is 18.1 Å². The number of benzene rings is 1. The summed E-state index contributed by atoms with van der Waals surface area (Å²) in [6.45, 7) is 0.293. The van der Waals surface area contributed by atoms with Crippen LogP contribution >= 0.6 is 11.8 Å². The summed E-state index contributed by atoms with van der Waals surface area (Å²) in [4.78, 5) is 43.6. The summed E-state index contributed by atoms with van der Waals surface area (Å²) in [5.41, 5.74) is -0.582. The second-order valence-corrected chi connectivity index (χ2v) is 10.9. The van der Waals surface area contributed by atoms with Crippen molar-refractivity contribution in [1.29, 1.82) is 0 Å². The van der Waals surface area contributed by atoms with Gasteiger partial charge in [-0.05, 0) is 68.2 Å². The molecule has 1 saturated carbocycles. The lowest BCUT2D eigenvalue weighted by Crippen LogP contribution is -2.46. The lowest BCUT2D eigenvalue weighted by atomic mass is 9.90. The molecule has 8 nitrogen and oxygen atoms in total. The van der Waals surface area contributed by atoms with E-state index in [1.165, 1.54) is 10.6 Å². The summed E-state index contributed by atoms with van der Waals surface area (Å²) in [7, 11) is 0. The summed E-state index contributed by atoms with van der Waals surface area (Å²) < 4.78 is 22.6. The average Bonchev–Trinajstić information content (AvgIpc) is 2.91. The number of nitrogens with one attached hydrogen (secondary N) is 1. The van der Waals surface area contributed by atoms with E-state index in [2.05, 4.69) is 10.3 Å². The normalized spacial score (nSPS) is 20.6. The van der Waals surface area contributed by atoms with Crippen LogP contribution in [0, 0.1) is 5.82 Å². The number of halogens is 1. The Kier molecular flexibility index (Phi) is 7.93. The quantitative estimate of drug-likeness (QED) is 0.503. The van der Waals surface area contributed by atoms with Gasteiger partial charge in [0.05, 0.1) is 24.6 Å². The van der Waals surface area contributed by atoms with Crippen LogP contribution in [0.15, 0.2) is 52.2 Å². The van der Waals surface area contributed by atoms with Crippen LogP contribution < -0.4 is 21.3 Å². The number of hydrogen-bond donors (Lipinski definition) is 1. The number of aromatic nitrogens is 3. The molecule has 0 atom stereocenters. The third kappa shape index (κ3) is 5.74. The molecule has 1 aliphatic carbocycles. The number of fused-ring (bicyclic) bond motifs is 1. The molecule has 1 saturated heterocycles. The summed E-state index contributed by atoms with van der Waals surface area (Å²) in [5, 5.41) is 3.20. The molecule has 0 spiro atoms. The van der Waals surface area contributed by atoms with Gasteiger partial charge in [0.1, 0.15) is 17.2 Å². The number of carbonyl (C=O) groups excluding carboxylic acids is 1. The fourth-order valence-electron chi connectivity index (χ4n) is 5.36. The van der Waals surface area contributed by atoms with E-state index in [-0.39, 0.29) is 47.2 Å². The third-order valence-electron chi connectivity index (χ3n) is 7.25. The highest BCUT2D eigenvalue weighted by atomic mass is 32.2. The van der Waals surface area contributed by atoms with Crippen LogP contribution in [-0.2, 0) is 4.79 Å². The second-order valence-electron chi connectivity index (χ2n) is 9.68. The van der Waals surface area contributed by atoms with Crippen LogP contribution in [0.1, 0.15) is 57.0 Å². The fraction of sp³-hybridized carbons (Fsp3) is 0.481. The van der Waals surface area contributed by atoms with E-state index in [1.807, 2.05) is 42.1 Å². The number of pyridine rings is 1. The van der Waals surface area contributed by atoms with E-state index >= 15 is 0 Å². The van der Waals surface area contributed by atoms with Gasteiger partial charge in [0.15, 0.2) is 0 Å². The zero-order valence-electron chi connectivity index (χ0n) is 20.6. The van der Waals surface area contributed by atoms with Crippen LogP contribution in [0.5, 0.6) is 5.75 Å². The highest BCUT2D eigenvalue weighted by molar-refractivity contribution is 7.99. The highest BCUT2D eigenvalue weighted by Crippen LogP contribution is 2.30. The van der Waals surface area contributed by atoms with Gasteiger partial charge in [0, 0.05) is 18.1 Å². The Hall–Kier alpha value is -3.14. The predicted octanol–water partition coefficient (Wildman–Crippen LogP) is 3.83. The molecule has 2 aromatic heterocycles. The third-order valence-corrected chi connectivity index (χ3v) is 8.30. The molecule has 3 heterocycles. The van der Waals surface area contributed by atoms with Gasteiger partial charge in [-0.3, -0.25) is 18.7 Å². The Morgan fingerprint density at radius 1 is 1.03 bits per heavy atom. The Labute approximate surface area is 218 Å². The first-order valence-corrected chi connectivity index (χ1v) is 14.0. The molecular weight excluding hydrogens is 495 g/mol. The van der Waals surface area contributed by atoms with Crippen LogP contribution in [-0.4, -0.2) is 44.2 Å². The minimum atomic E-state index is -0.594. The van der Waals surface area contributed by atoms with Crippen LogP contribution in [0.2, 0.25) is 0 Å². The minimum Gasteiger partial charge on any atom is -0.493 e. The molecule has 0 bridgehead atoms. The Morgan fingerprint density at radius 3 is 2.46 bits per heavy atom. The molecule has 1 aromatic carbocycles. The summed E-state index contributed by atoms with van der Waals surface area (Å²) >= 11 is 1.84. The Balaban J connectivity index is 1.28. The van der Waals surface area contributed by atoms with E-state index < -0.39 is 11.4 Å². The number of thioether (sulfide) groups is 1. The number of rotatable bonds is 7. The summed E-state index contributed by atoms with van der Waals surface area (Å²) in [5.74, 6) is 1.91. The molecule has 2 aliphatic rings. The summed E-state index contributed by atoms with van der Waals surface area (Å²) in [6.07, 6.45) is 5.40. The van der Waals surface area contributed by atoms with Gasteiger partial charge in [-0.1, -0.05) is 18.2 Å². The van der Waals surface area contributed by atoms with Crippen molar-refractivity contribution in [3.63, 3.8) is 0 Å². The number of para-hydroxylation sites is 1.